The lowest BCUT2D eigenvalue weighted by atomic mass is 10.00. The van der Waals surface area contributed by atoms with E-state index in [2.05, 4.69) is 32.3 Å². The van der Waals surface area contributed by atoms with Crippen LogP contribution in [0, 0.1) is 6.92 Å². The van der Waals surface area contributed by atoms with E-state index in [1.54, 1.807) is 18.6 Å². The van der Waals surface area contributed by atoms with Crippen LogP contribution < -0.4 is 5.32 Å². The van der Waals surface area contributed by atoms with Crippen molar-refractivity contribution in [2.75, 3.05) is 26.2 Å². The molecule has 34 heavy (non-hydrogen) atoms. The lowest BCUT2D eigenvalue weighted by molar-refractivity contribution is -0.122. The third-order valence-electron chi connectivity index (χ3n) is 6.16. The summed E-state index contributed by atoms with van der Waals surface area (Å²) >= 11 is 0. The van der Waals surface area contributed by atoms with Crippen LogP contribution in [0.15, 0.2) is 73.2 Å². The molecular formula is C27H31N5O2. The number of rotatable bonds is 4. The van der Waals surface area contributed by atoms with Crippen LogP contribution in [-0.2, 0) is 11.3 Å². The fourth-order valence-corrected chi connectivity index (χ4v) is 4.34. The lowest BCUT2D eigenvalue weighted by Gasteiger charge is -2.32. The summed E-state index contributed by atoms with van der Waals surface area (Å²) in [5.41, 5.74) is 3.71. The Kier molecular flexibility index (Phi) is 7.99. The van der Waals surface area contributed by atoms with Crippen molar-refractivity contribution in [2.45, 2.75) is 32.4 Å². The van der Waals surface area contributed by atoms with Crippen LogP contribution in [0.25, 0.3) is 0 Å². The average molecular weight is 458 g/mol. The number of nitrogens with zero attached hydrogens (tertiary/aromatic N) is 4. The fraction of sp³-hybridized carbons (Fsp3) is 0.333. The molecular weight excluding hydrogens is 426 g/mol. The topological polar surface area (TPSA) is 78.4 Å². The minimum absolute atomic E-state index is 0.0140. The molecule has 1 aromatic carbocycles. The van der Waals surface area contributed by atoms with Gasteiger partial charge in [0.25, 0.3) is 5.91 Å². The number of hydrogen-bond acceptors (Lipinski definition) is 5. The van der Waals surface area contributed by atoms with Gasteiger partial charge in [0.2, 0.25) is 5.91 Å². The summed E-state index contributed by atoms with van der Waals surface area (Å²) in [4.78, 5) is 38.6. The molecule has 7 heteroatoms. The van der Waals surface area contributed by atoms with E-state index in [0.717, 1.165) is 29.8 Å². The maximum absolute atomic E-state index is 13.2. The van der Waals surface area contributed by atoms with Crippen LogP contribution in [0.2, 0.25) is 0 Å². The predicted octanol–water partition coefficient (Wildman–Crippen LogP) is 3.38. The molecule has 1 aliphatic rings. The number of benzene rings is 1. The normalized spacial score (nSPS) is 18.1. The van der Waals surface area contributed by atoms with Crippen molar-refractivity contribution >= 4 is 11.8 Å². The molecule has 0 saturated carbocycles. The van der Waals surface area contributed by atoms with E-state index in [1.807, 2.05) is 54.3 Å². The molecule has 1 fully saturated rings. The minimum Gasteiger partial charge on any atom is -0.354 e. The maximum atomic E-state index is 13.2. The monoisotopic (exact) mass is 457 g/mol. The third kappa shape index (κ3) is 6.26. The summed E-state index contributed by atoms with van der Waals surface area (Å²) in [6, 6.07) is 17.8. The molecule has 0 bridgehead atoms. The molecule has 1 N–H and O–H groups in total. The SMILES string of the molecule is Cc1ccc(C(=O)N2CCCN(Cc3ccncc3)C(c3ccccc3)CC(=O)NCC2)cn1. The summed E-state index contributed by atoms with van der Waals surface area (Å²) in [5.74, 6) is -0.0684. The minimum atomic E-state index is -0.0575. The molecule has 2 aromatic heterocycles. The third-order valence-corrected chi connectivity index (χ3v) is 6.16. The van der Waals surface area contributed by atoms with E-state index in [4.69, 9.17) is 0 Å². The van der Waals surface area contributed by atoms with E-state index in [9.17, 15) is 9.59 Å². The fourth-order valence-electron chi connectivity index (χ4n) is 4.34. The number of hydrogen-bond donors (Lipinski definition) is 1. The smallest absolute Gasteiger partial charge is 0.255 e. The Morgan fingerprint density at radius 2 is 1.82 bits per heavy atom. The molecule has 7 nitrogen and oxygen atoms in total. The largest absolute Gasteiger partial charge is 0.354 e. The molecule has 0 aliphatic carbocycles. The van der Waals surface area contributed by atoms with Crippen molar-refractivity contribution in [2.24, 2.45) is 0 Å². The Hall–Kier alpha value is -3.58. The van der Waals surface area contributed by atoms with E-state index in [0.29, 0.717) is 38.2 Å². The molecule has 3 heterocycles. The quantitative estimate of drug-likeness (QED) is 0.650. The number of amides is 2. The first-order valence-corrected chi connectivity index (χ1v) is 11.8. The number of nitrogens with one attached hydrogen (secondary N) is 1. The molecule has 0 radical (unpaired) electrons. The van der Waals surface area contributed by atoms with Crippen LogP contribution in [-0.4, -0.2) is 57.8 Å². The summed E-state index contributed by atoms with van der Waals surface area (Å²) in [6.07, 6.45) is 6.38. The summed E-state index contributed by atoms with van der Waals surface area (Å²) in [5, 5.41) is 3.02. The highest BCUT2D eigenvalue weighted by Gasteiger charge is 2.25. The van der Waals surface area contributed by atoms with Crippen molar-refractivity contribution in [3.8, 4) is 0 Å². The second kappa shape index (κ2) is 11.5. The van der Waals surface area contributed by atoms with Gasteiger partial charge < -0.3 is 10.2 Å². The van der Waals surface area contributed by atoms with Gasteiger partial charge in [-0.25, -0.2) is 0 Å². The molecule has 4 rings (SSSR count). The highest BCUT2D eigenvalue weighted by Crippen LogP contribution is 2.27. The van der Waals surface area contributed by atoms with Crippen molar-refractivity contribution in [1.82, 2.24) is 25.1 Å². The number of aromatic nitrogens is 2. The van der Waals surface area contributed by atoms with Crippen LogP contribution in [0.4, 0.5) is 0 Å². The van der Waals surface area contributed by atoms with Gasteiger partial charge in [0.05, 0.1) is 5.56 Å². The van der Waals surface area contributed by atoms with Gasteiger partial charge in [-0.2, -0.15) is 0 Å². The van der Waals surface area contributed by atoms with Crippen LogP contribution in [0.1, 0.15) is 46.1 Å². The van der Waals surface area contributed by atoms with Crippen LogP contribution in [0.5, 0.6) is 0 Å². The first-order valence-electron chi connectivity index (χ1n) is 11.8. The van der Waals surface area contributed by atoms with E-state index < -0.39 is 0 Å². The molecule has 1 unspecified atom stereocenters. The van der Waals surface area contributed by atoms with Gasteiger partial charge in [-0.15, -0.1) is 0 Å². The number of carbonyl (C=O) groups excluding carboxylic acids is 2. The standard InChI is InChI=1S/C27H31N5O2/c1-21-8-9-24(19-30-21)27(34)31-15-5-16-32(20-22-10-12-28-13-11-22)25(18-26(33)29-14-17-31)23-6-3-2-4-7-23/h2-4,6-13,19,25H,5,14-18,20H2,1H3,(H,29,33). The van der Waals surface area contributed by atoms with Crippen LogP contribution in [0.3, 0.4) is 0 Å². The lowest BCUT2D eigenvalue weighted by Crippen LogP contribution is -2.39. The first kappa shape index (κ1) is 23.6. The highest BCUT2D eigenvalue weighted by atomic mass is 16.2. The number of pyridine rings is 2. The van der Waals surface area contributed by atoms with Gasteiger partial charge in [-0.3, -0.25) is 24.5 Å². The van der Waals surface area contributed by atoms with E-state index in [1.165, 1.54) is 0 Å². The molecule has 0 spiro atoms. The van der Waals surface area contributed by atoms with Crippen molar-refractivity contribution in [3.63, 3.8) is 0 Å². The van der Waals surface area contributed by atoms with Crippen LogP contribution >= 0.6 is 0 Å². The van der Waals surface area contributed by atoms with Crippen molar-refractivity contribution < 1.29 is 9.59 Å². The Morgan fingerprint density at radius 1 is 1.03 bits per heavy atom. The Labute approximate surface area is 200 Å². The second-order valence-electron chi connectivity index (χ2n) is 8.64. The molecule has 3 aromatic rings. The number of carbonyl (C=O) groups is 2. The summed E-state index contributed by atoms with van der Waals surface area (Å²) in [6.45, 7) is 4.86. The Balaban J connectivity index is 1.57. The van der Waals surface area contributed by atoms with Gasteiger partial charge >= 0.3 is 0 Å². The van der Waals surface area contributed by atoms with Gasteiger partial charge in [-0.1, -0.05) is 30.3 Å². The number of aryl methyl sites for hydroxylation is 1. The maximum Gasteiger partial charge on any atom is 0.255 e. The van der Waals surface area contributed by atoms with Gasteiger partial charge in [0.1, 0.15) is 0 Å². The van der Waals surface area contributed by atoms with Crippen molar-refractivity contribution in [1.29, 1.82) is 0 Å². The van der Waals surface area contributed by atoms with Crippen molar-refractivity contribution in [3.05, 3.63) is 95.6 Å². The van der Waals surface area contributed by atoms with Gasteiger partial charge in [-0.05, 0) is 48.7 Å². The Bertz CT molecular complexity index is 1070. The molecule has 1 aliphatic heterocycles. The predicted molar refractivity (Wildman–Crippen MR) is 131 cm³/mol. The molecule has 1 atom stereocenters. The molecule has 176 valence electrons. The summed E-state index contributed by atoms with van der Waals surface area (Å²) < 4.78 is 0. The Morgan fingerprint density at radius 3 is 2.56 bits per heavy atom. The van der Waals surface area contributed by atoms with Gasteiger partial charge in [0.15, 0.2) is 0 Å². The summed E-state index contributed by atoms with van der Waals surface area (Å²) in [7, 11) is 0. The zero-order valence-electron chi connectivity index (χ0n) is 19.6. The molecule has 2 amide bonds. The second-order valence-corrected chi connectivity index (χ2v) is 8.64. The zero-order valence-corrected chi connectivity index (χ0v) is 19.6. The average Bonchev–Trinajstić information content (AvgIpc) is 2.90. The first-order chi connectivity index (χ1) is 16.6. The highest BCUT2D eigenvalue weighted by molar-refractivity contribution is 5.94. The van der Waals surface area contributed by atoms with E-state index in [-0.39, 0.29) is 17.9 Å². The van der Waals surface area contributed by atoms with Gasteiger partial charge in [0, 0.05) is 69.5 Å². The van der Waals surface area contributed by atoms with E-state index >= 15 is 0 Å². The zero-order chi connectivity index (χ0) is 23.8. The molecule has 1 saturated heterocycles.